The van der Waals surface area contributed by atoms with Crippen LogP contribution in [0.5, 0.6) is 0 Å². The lowest BCUT2D eigenvalue weighted by Crippen LogP contribution is -2.47. The number of carboxylic acid groups (broad SMARTS) is 1. The largest absolute Gasteiger partial charge is 0.480 e. The molecule has 0 radical (unpaired) electrons. The number of halogens is 3. The molecule has 3 rings (SSSR count). The third kappa shape index (κ3) is 6.19. The van der Waals surface area contributed by atoms with E-state index in [1.807, 2.05) is 0 Å². The van der Waals surface area contributed by atoms with E-state index in [1.165, 1.54) is 24.9 Å². The minimum absolute atomic E-state index is 0.158. The molecule has 0 spiro atoms. The zero-order valence-electron chi connectivity index (χ0n) is 18.7. The predicted octanol–water partition coefficient (Wildman–Crippen LogP) is 4.70. The summed E-state index contributed by atoms with van der Waals surface area (Å²) in [6.45, 7) is -0.488. The summed E-state index contributed by atoms with van der Waals surface area (Å²) in [5.74, 6) is -1.89. The van der Waals surface area contributed by atoms with Crippen LogP contribution >= 0.6 is 11.8 Å². The van der Waals surface area contributed by atoms with Crippen LogP contribution in [0.3, 0.4) is 0 Å². The number of nitrogens with zero attached hydrogens (tertiary/aromatic N) is 2. The van der Waals surface area contributed by atoms with Gasteiger partial charge in [-0.05, 0) is 50.3 Å². The highest BCUT2D eigenvalue weighted by Crippen LogP contribution is 2.40. The lowest BCUT2D eigenvalue weighted by Gasteiger charge is -2.36. The Labute approximate surface area is 201 Å². The van der Waals surface area contributed by atoms with E-state index in [9.17, 15) is 26.4 Å². The molecule has 188 valence electrons. The number of nitrogens with one attached hydrogen (secondary N) is 1. The number of carboxylic acids is 1. The summed E-state index contributed by atoms with van der Waals surface area (Å²) < 4.78 is 68.8. The number of thioether (sulfide) groups is 1. The molecule has 7 nitrogen and oxygen atoms in total. The normalized spacial score (nSPS) is 23.5. The Balaban J connectivity index is 1.96. The number of alkyl halides is 3. The Bertz CT molecular complexity index is 1050. The quantitative estimate of drug-likeness (QED) is 0.484. The third-order valence-corrected chi connectivity index (χ3v) is 9.46. The fourth-order valence-corrected chi connectivity index (χ4v) is 7.42. The van der Waals surface area contributed by atoms with Gasteiger partial charge in [-0.2, -0.15) is 17.5 Å². The van der Waals surface area contributed by atoms with Crippen LogP contribution in [0.25, 0.3) is 0 Å². The lowest BCUT2D eigenvalue weighted by atomic mass is 9.83. The van der Waals surface area contributed by atoms with E-state index in [2.05, 4.69) is 4.99 Å². The summed E-state index contributed by atoms with van der Waals surface area (Å²) in [5, 5.41) is 16.9. The summed E-state index contributed by atoms with van der Waals surface area (Å²) in [6, 6.07) is 2.21. The van der Waals surface area contributed by atoms with Crippen molar-refractivity contribution in [2.24, 2.45) is 10.9 Å². The first-order valence-electron chi connectivity index (χ1n) is 11.1. The molecule has 2 unspecified atom stereocenters. The standard InChI is InChI=1S/C22H28F3N3O4S2/c1-28(20-8-4-7-19(18(20)12-26)27-13-21(29)30)34(31,32)17-10-14(22(23,24)25)9-16(11-17)33-15-5-2-3-6-15/h9-12,15,18,20,26H,2-8,13H2,1H3,(H,29,30). The third-order valence-electron chi connectivity index (χ3n) is 6.29. The van der Waals surface area contributed by atoms with Gasteiger partial charge in [0.2, 0.25) is 10.0 Å². The molecule has 12 heteroatoms. The van der Waals surface area contributed by atoms with Gasteiger partial charge in [-0.15, -0.1) is 11.8 Å². The molecule has 2 aliphatic carbocycles. The summed E-state index contributed by atoms with van der Waals surface area (Å²) in [6.07, 6.45) is 1.44. The van der Waals surface area contributed by atoms with Gasteiger partial charge in [-0.1, -0.05) is 12.8 Å². The van der Waals surface area contributed by atoms with Crippen molar-refractivity contribution in [3.05, 3.63) is 23.8 Å². The van der Waals surface area contributed by atoms with Crippen molar-refractivity contribution in [2.45, 2.75) is 72.2 Å². The van der Waals surface area contributed by atoms with Gasteiger partial charge < -0.3 is 10.5 Å². The molecule has 2 aliphatic rings. The van der Waals surface area contributed by atoms with Crippen molar-refractivity contribution >= 4 is 39.7 Å². The number of aliphatic imine (C=N–C) groups is 1. The van der Waals surface area contributed by atoms with Crippen LogP contribution in [0.1, 0.15) is 50.5 Å². The highest BCUT2D eigenvalue weighted by Gasteiger charge is 2.39. The summed E-state index contributed by atoms with van der Waals surface area (Å²) in [5.41, 5.74) is -0.601. The van der Waals surface area contributed by atoms with E-state index in [0.717, 1.165) is 42.3 Å². The van der Waals surface area contributed by atoms with Crippen LogP contribution in [-0.4, -0.2) is 60.6 Å². The maximum atomic E-state index is 13.6. The smallest absolute Gasteiger partial charge is 0.416 e. The van der Waals surface area contributed by atoms with Crippen molar-refractivity contribution in [1.29, 1.82) is 5.41 Å². The Morgan fingerprint density at radius 3 is 2.50 bits per heavy atom. The molecule has 0 heterocycles. The molecule has 34 heavy (non-hydrogen) atoms. The average molecular weight is 520 g/mol. The van der Waals surface area contributed by atoms with Crippen LogP contribution in [0.2, 0.25) is 0 Å². The molecule has 0 aliphatic heterocycles. The van der Waals surface area contributed by atoms with Crippen LogP contribution in [-0.2, 0) is 21.0 Å². The monoisotopic (exact) mass is 519 g/mol. The molecule has 0 bridgehead atoms. The van der Waals surface area contributed by atoms with Crippen molar-refractivity contribution in [3.63, 3.8) is 0 Å². The van der Waals surface area contributed by atoms with E-state index in [4.69, 9.17) is 10.5 Å². The van der Waals surface area contributed by atoms with Crippen LogP contribution in [0.15, 0.2) is 33.0 Å². The zero-order valence-corrected chi connectivity index (χ0v) is 20.3. The first-order valence-corrected chi connectivity index (χ1v) is 13.4. The summed E-state index contributed by atoms with van der Waals surface area (Å²) in [7, 11) is -3.04. The van der Waals surface area contributed by atoms with Gasteiger partial charge in [-0.25, -0.2) is 8.42 Å². The Morgan fingerprint density at radius 1 is 1.24 bits per heavy atom. The first kappa shape index (κ1) is 26.7. The summed E-state index contributed by atoms with van der Waals surface area (Å²) >= 11 is 1.28. The van der Waals surface area contributed by atoms with Crippen molar-refractivity contribution in [2.75, 3.05) is 13.6 Å². The van der Waals surface area contributed by atoms with Gasteiger partial charge >= 0.3 is 12.1 Å². The van der Waals surface area contributed by atoms with Crippen molar-refractivity contribution in [1.82, 2.24) is 4.31 Å². The molecule has 1 aromatic carbocycles. The van der Waals surface area contributed by atoms with Crippen LogP contribution < -0.4 is 0 Å². The molecule has 2 saturated carbocycles. The number of sulfonamides is 1. The molecular formula is C22H28F3N3O4S2. The minimum atomic E-state index is -4.70. The molecular weight excluding hydrogens is 491 g/mol. The number of carbonyl (C=O) groups is 1. The zero-order chi connectivity index (χ0) is 25.1. The molecule has 0 amide bonds. The number of hydrogen-bond donors (Lipinski definition) is 2. The highest BCUT2D eigenvalue weighted by molar-refractivity contribution is 8.00. The number of benzene rings is 1. The molecule has 0 saturated heterocycles. The first-order chi connectivity index (χ1) is 15.9. The van der Waals surface area contributed by atoms with Crippen molar-refractivity contribution < 1.29 is 31.5 Å². The number of rotatable bonds is 8. The number of hydrogen-bond acceptors (Lipinski definition) is 6. The summed E-state index contributed by atoms with van der Waals surface area (Å²) in [4.78, 5) is 14.8. The fraction of sp³-hybridized carbons (Fsp3) is 0.591. The maximum absolute atomic E-state index is 13.6. The molecule has 1 aromatic rings. The SMILES string of the molecule is CN(C1CCCC(=NCC(=O)O)C1C=N)S(=O)(=O)c1cc(SC2CCCC2)cc(C(F)(F)F)c1. The molecule has 2 atom stereocenters. The van der Waals surface area contributed by atoms with Gasteiger partial charge in [-0.3, -0.25) is 9.79 Å². The predicted molar refractivity (Wildman–Crippen MR) is 124 cm³/mol. The lowest BCUT2D eigenvalue weighted by molar-refractivity contribution is -0.138. The van der Waals surface area contributed by atoms with Crippen LogP contribution in [0.4, 0.5) is 13.2 Å². The number of aliphatic carboxylic acids is 1. The van der Waals surface area contributed by atoms with Gasteiger partial charge in [0.05, 0.1) is 10.5 Å². The Hall–Kier alpha value is -1.92. The molecule has 2 N–H and O–H groups in total. The van der Waals surface area contributed by atoms with E-state index in [-0.39, 0.29) is 10.1 Å². The molecule has 2 fully saturated rings. The van der Waals surface area contributed by atoms with E-state index < -0.39 is 51.1 Å². The Morgan fingerprint density at radius 2 is 1.91 bits per heavy atom. The van der Waals surface area contributed by atoms with Crippen LogP contribution in [0, 0.1) is 11.3 Å². The second kappa shape index (κ2) is 10.8. The fourth-order valence-electron chi connectivity index (χ4n) is 4.53. The van der Waals surface area contributed by atoms with Gasteiger partial charge in [0.1, 0.15) is 6.54 Å². The second-order valence-corrected chi connectivity index (χ2v) is 12.0. The van der Waals surface area contributed by atoms with E-state index >= 15 is 0 Å². The minimum Gasteiger partial charge on any atom is -0.480 e. The van der Waals surface area contributed by atoms with Gasteiger partial charge in [0.15, 0.2) is 0 Å². The highest BCUT2D eigenvalue weighted by atomic mass is 32.2. The van der Waals surface area contributed by atoms with Crippen molar-refractivity contribution in [3.8, 4) is 0 Å². The average Bonchev–Trinajstić information content (AvgIpc) is 3.28. The second-order valence-electron chi connectivity index (χ2n) is 8.59. The van der Waals surface area contributed by atoms with E-state index in [0.29, 0.717) is 31.0 Å². The molecule has 0 aromatic heterocycles. The van der Waals surface area contributed by atoms with Gasteiger partial charge in [0, 0.05) is 41.1 Å². The Kier molecular flexibility index (Phi) is 8.46. The topological polar surface area (TPSA) is 111 Å². The van der Waals surface area contributed by atoms with Gasteiger partial charge in [0.25, 0.3) is 0 Å². The van der Waals surface area contributed by atoms with E-state index in [1.54, 1.807) is 0 Å². The maximum Gasteiger partial charge on any atom is 0.416 e.